The van der Waals surface area contributed by atoms with Crippen LogP contribution in [0.25, 0.3) is 0 Å². The lowest BCUT2D eigenvalue weighted by atomic mass is 9.93. The summed E-state index contributed by atoms with van der Waals surface area (Å²) >= 11 is 0. The molecule has 2 atom stereocenters. The van der Waals surface area contributed by atoms with Crippen LogP contribution in [0.15, 0.2) is 22.1 Å². The monoisotopic (exact) mass is 356 g/mol. The number of nitrogens with two attached hydrogens (primary N) is 1. The minimum absolute atomic E-state index is 0.182. The van der Waals surface area contributed by atoms with E-state index in [1.807, 2.05) is 6.92 Å². The van der Waals surface area contributed by atoms with Gasteiger partial charge in [0.1, 0.15) is 11.4 Å². The highest BCUT2D eigenvalue weighted by Crippen LogP contribution is 2.44. The van der Waals surface area contributed by atoms with Gasteiger partial charge in [0.25, 0.3) is 0 Å². The smallest absolute Gasteiger partial charge is 0.149 e. The van der Waals surface area contributed by atoms with Gasteiger partial charge in [0.2, 0.25) is 0 Å². The summed E-state index contributed by atoms with van der Waals surface area (Å²) in [5, 5.41) is 0. The van der Waals surface area contributed by atoms with Crippen molar-refractivity contribution in [1.29, 1.82) is 0 Å². The quantitative estimate of drug-likeness (QED) is 0.821. The maximum atomic E-state index is 6.36. The Bertz CT molecular complexity index is 681. The third-order valence-electron chi connectivity index (χ3n) is 5.60. The summed E-state index contributed by atoms with van der Waals surface area (Å²) in [6, 6.07) is 4.48. The van der Waals surface area contributed by atoms with Crippen LogP contribution in [0, 0.1) is 0 Å². The van der Waals surface area contributed by atoms with Gasteiger partial charge in [-0.05, 0) is 45.4 Å². The summed E-state index contributed by atoms with van der Waals surface area (Å²) in [6.45, 7) is 7.49. The van der Waals surface area contributed by atoms with Gasteiger partial charge in [0.05, 0.1) is 24.0 Å². The molecule has 2 unspecified atom stereocenters. The zero-order chi connectivity index (χ0) is 18.1. The van der Waals surface area contributed by atoms with Crippen LogP contribution in [0.3, 0.4) is 0 Å². The van der Waals surface area contributed by atoms with Crippen molar-refractivity contribution in [2.45, 2.75) is 63.4 Å². The van der Waals surface area contributed by atoms with Gasteiger partial charge in [0.15, 0.2) is 0 Å². The molecule has 26 heavy (non-hydrogen) atoms. The van der Waals surface area contributed by atoms with Crippen LogP contribution in [0.5, 0.6) is 5.75 Å². The third kappa shape index (κ3) is 3.48. The SMILES string of the molecule is C=Nc1c(N=CC)cc(N2CC3CC(C2)O3)cc1OC1CCC(N)CC1. The second kappa shape index (κ2) is 7.37. The van der Waals surface area contributed by atoms with Gasteiger partial charge in [-0.1, -0.05) is 0 Å². The highest BCUT2D eigenvalue weighted by Gasteiger charge is 2.38. The van der Waals surface area contributed by atoms with E-state index in [2.05, 4.69) is 33.7 Å². The van der Waals surface area contributed by atoms with E-state index in [4.69, 9.17) is 15.2 Å². The van der Waals surface area contributed by atoms with Gasteiger partial charge < -0.3 is 20.1 Å². The van der Waals surface area contributed by atoms with E-state index in [1.165, 1.54) is 6.42 Å². The van der Waals surface area contributed by atoms with Crippen LogP contribution in [-0.4, -0.2) is 50.4 Å². The molecule has 0 radical (unpaired) electrons. The maximum absolute atomic E-state index is 6.36. The third-order valence-corrected chi connectivity index (χ3v) is 5.60. The van der Waals surface area contributed by atoms with Crippen molar-refractivity contribution in [2.24, 2.45) is 15.7 Å². The predicted molar refractivity (Wildman–Crippen MR) is 106 cm³/mol. The average Bonchev–Trinajstić information content (AvgIpc) is 2.63. The highest BCUT2D eigenvalue weighted by molar-refractivity contribution is 5.80. The molecule has 0 aromatic heterocycles. The van der Waals surface area contributed by atoms with Crippen LogP contribution in [0.1, 0.15) is 39.0 Å². The maximum Gasteiger partial charge on any atom is 0.149 e. The zero-order valence-electron chi connectivity index (χ0n) is 15.4. The molecule has 6 heteroatoms. The molecular formula is C20H28N4O2. The summed E-state index contributed by atoms with van der Waals surface area (Å²) in [5.74, 6) is 0.777. The van der Waals surface area contributed by atoms with Gasteiger partial charge in [0, 0.05) is 43.5 Å². The van der Waals surface area contributed by atoms with Crippen molar-refractivity contribution in [3.8, 4) is 5.75 Å². The lowest BCUT2D eigenvalue weighted by Crippen LogP contribution is -2.57. The Kier molecular flexibility index (Phi) is 4.96. The van der Waals surface area contributed by atoms with Crippen LogP contribution in [-0.2, 0) is 4.74 Å². The molecule has 1 aliphatic carbocycles. The van der Waals surface area contributed by atoms with E-state index in [9.17, 15) is 0 Å². The number of anilines is 1. The first-order chi connectivity index (χ1) is 12.7. The van der Waals surface area contributed by atoms with E-state index >= 15 is 0 Å². The van der Waals surface area contributed by atoms with Crippen molar-refractivity contribution >= 4 is 30.0 Å². The highest BCUT2D eigenvalue weighted by atomic mass is 16.5. The lowest BCUT2D eigenvalue weighted by molar-refractivity contribution is -0.133. The van der Waals surface area contributed by atoms with E-state index in [1.54, 1.807) is 6.21 Å². The van der Waals surface area contributed by atoms with E-state index in [0.717, 1.165) is 61.6 Å². The Hall–Kier alpha value is -1.92. The minimum atomic E-state index is 0.182. The molecule has 3 saturated heterocycles. The summed E-state index contributed by atoms with van der Waals surface area (Å²) in [6.07, 6.45) is 7.83. The fourth-order valence-electron chi connectivity index (χ4n) is 4.20. The Morgan fingerprint density at radius 1 is 1.23 bits per heavy atom. The Labute approximate surface area is 155 Å². The number of hydrogen-bond acceptors (Lipinski definition) is 6. The summed E-state index contributed by atoms with van der Waals surface area (Å²) < 4.78 is 12.1. The molecule has 2 N–H and O–H groups in total. The number of piperidine rings is 1. The number of hydrogen-bond donors (Lipinski definition) is 1. The van der Waals surface area contributed by atoms with Crippen molar-refractivity contribution in [1.82, 2.24) is 0 Å². The van der Waals surface area contributed by atoms with Crippen LogP contribution in [0.4, 0.5) is 17.1 Å². The summed E-state index contributed by atoms with van der Waals surface area (Å²) in [7, 11) is 0. The topological polar surface area (TPSA) is 72.4 Å². The lowest BCUT2D eigenvalue weighted by Gasteiger charge is -2.48. The Morgan fingerprint density at radius 3 is 2.54 bits per heavy atom. The molecule has 1 saturated carbocycles. The molecule has 4 fully saturated rings. The fraction of sp³-hybridized carbons (Fsp3) is 0.600. The number of morpholine rings is 1. The molecule has 3 heterocycles. The number of ether oxygens (including phenoxy) is 2. The first kappa shape index (κ1) is 17.5. The summed E-state index contributed by atoms with van der Waals surface area (Å²) in [5.41, 5.74) is 8.68. The van der Waals surface area contributed by atoms with E-state index in [-0.39, 0.29) is 6.10 Å². The van der Waals surface area contributed by atoms with Gasteiger partial charge in [-0.15, -0.1) is 0 Å². The van der Waals surface area contributed by atoms with Crippen LogP contribution in [0.2, 0.25) is 0 Å². The summed E-state index contributed by atoms with van der Waals surface area (Å²) in [4.78, 5) is 11.1. The number of aliphatic imine (C=N–C) groups is 2. The van der Waals surface area contributed by atoms with Crippen LogP contribution >= 0.6 is 0 Å². The van der Waals surface area contributed by atoms with Crippen molar-refractivity contribution in [3.05, 3.63) is 12.1 Å². The molecule has 6 nitrogen and oxygen atoms in total. The van der Waals surface area contributed by atoms with E-state index in [0.29, 0.717) is 18.2 Å². The molecule has 0 spiro atoms. The molecule has 5 rings (SSSR count). The second-order valence-electron chi connectivity index (χ2n) is 7.53. The van der Waals surface area contributed by atoms with Gasteiger partial charge in [-0.2, -0.15) is 0 Å². The largest absolute Gasteiger partial charge is 0.488 e. The molecule has 1 aromatic carbocycles. The van der Waals surface area contributed by atoms with Gasteiger partial charge in [-0.3, -0.25) is 9.98 Å². The standard InChI is InChI=1S/C20H28N4O2/c1-3-23-18-8-14(24-11-16-10-17(12-24)25-16)9-19(20(18)22-2)26-15-6-4-13(21)5-7-15/h3,8-9,13,15-17H,2,4-7,10-12,21H2,1H3. The van der Waals surface area contributed by atoms with Gasteiger partial charge in [-0.25, -0.2) is 0 Å². The number of rotatable bonds is 5. The van der Waals surface area contributed by atoms with Crippen LogP contribution < -0.4 is 15.4 Å². The number of fused-ring (bicyclic) bond motifs is 2. The number of benzene rings is 1. The van der Waals surface area contributed by atoms with Crippen molar-refractivity contribution in [2.75, 3.05) is 18.0 Å². The predicted octanol–water partition coefficient (Wildman–Crippen LogP) is 3.37. The first-order valence-electron chi connectivity index (χ1n) is 9.62. The molecule has 4 aliphatic rings. The first-order valence-corrected chi connectivity index (χ1v) is 9.62. The fourth-order valence-corrected chi connectivity index (χ4v) is 4.20. The zero-order valence-corrected chi connectivity index (χ0v) is 15.4. The van der Waals surface area contributed by atoms with Crippen molar-refractivity contribution < 1.29 is 9.47 Å². The minimum Gasteiger partial charge on any atom is -0.488 e. The Balaban J connectivity index is 1.62. The Morgan fingerprint density at radius 2 is 1.92 bits per heavy atom. The molecular weight excluding hydrogens is 328 g/mol. The van der Waals surface area contributed by atoms with Crippen molar-refractivity contribution in [3.63, 3.8) is 0 Å². The number of nitrogens with zero attached hydrogens (tertiary/aromatic N) is 3. The normalized spacial score (nSPS) is 30.9. The second-order valence-corrected chi connectivity index (χ2v) is 7.53. The van der Waals surface area contributed by atoms with Gasteiger partial charge >= 0.3 is 0 Å². The molecule has 3 aliphatic heterocycles. The molecule has 0 amide bonds. The van der Waals surface area contributed by atoms with E-state index < -0.39 is 0 Å². The molecule has 2 bridgehead atoms. The molecule has 140 valence electrons. The molecule has 1 aromatic rings. The average molecular weight is 356 g/mol.